The van der Waals surface area contributed by atoms with Crippen LogP contribution in [0.15, 0.2) is 0 Å². The SMILES string of the molecule is COCC1CC(C(F)(F)F)CN1C. The van der Waals surface area contributed by atoms with Crippen molar-refractivity contribution in [2.75, 3.05) is 27.3 Å². The first-order valence-electron chi connectivity index (χ1n) is 4.21. The summed E-state index contributed by atoms with van der Waals surface area (Å²) in [5.41, 5.74) is 0. The van der Waals surface area contributed by atoms with Crippen LogP contribution in [0.1, 0.15) is 6.42 Å². The number of ether oxygens (including phenoxy) is 1. The topological polar surface area (TPSA) is 12.5 Å². The summed E-state index contributed by atoms with van der Waals surface area (Å²) in [6.45, 7) is 0.473. The van der Waals surface area contributed by atoms with Gasteiger partial charge in [0.05, 0.1) is 12.5 Å². The van der Waals surface area contributed by atoms with Crippen LogP contribution in [0.3, 0.4) is 0 Å². The molecule has 0 aliphatic carbocycles. The number of nitrogens with zero attached hydrogens (tertiary/aromatic N) is 1. The summed E-state index contributed by atoms with van der Waals surface area (Å²) >= 11 is 0. The number of methoxy groups -OCH3 is 1. The number of likely N-dealkylation sites (tertiary alicyclic amines) is 1. The molecule has 2 unspecified atom stereocenters. The molecule has 5 heteroatoms. The van der Waals surface area contributed by atoms with Crippen LogP contribution in [-0.2, 0) is 4.74 Å². The minimum Gasteiger partial charge on any atom is -0.383 e. The van der Waals surface area contributed by atoms with Crippen LogP contribution >= 0.6 is 0 Å². The highest BCUT2D eigenvalue weighted by molar-refractivity contribution is 4.86. The Morgan fingerprint density at radius 2 is 2.08 bits per heavy atom. The van der Waals surface area contributed by atoms with Gasteiger partial charge in [-0.15, -0.1) is 0 Å². The van der Waals surface area contributed by atoms with Gasteiger partial charge in [-0.3, -0.25) is 0 Å². The molecule has 1 aliphatic rings. The number of hydrogen-bond acceptors (Lipinski definition) is 2. The summed E-state index contributed by atoms with van der Waals surface area (Å²) < 4.78 is 41.7. The van der Waals surface area contributed by atoms with Gasteiger partial charge in [0, 0.05) is 19.7 Å². The molecule has 0 saturated carbocycles. The van der Waals surface area contributed by atoms with Crippen LogP contribution in [0, 0.1) is 5.92 Å². The summed E-state index contributed by atoms with van der Waals surface area (Å²) in [6, 6.07) is -0.0865. The quantitative estimate of drug-likeness (QED) is 0.665. The molecule has 0 spiro atoms. The number of rotatable bonds is 2. The fraction of sp³-hybridized carbons (Fsp3) is 1.00. The lowest BCUT2D eigenvalue weighted by Crippen LogP contribution is -2.29. The lowest BCUT2D eigenvalue weighted by atomic mass is 10.1. The van der Waals surface area contributed by atoms with E-state index in [4.69, 9.17) is 4.74 Å². The Labute approximate surface area is 75.7 Å². The largest absolute Gasteiger partial charge is 0.393 e. The third-order valence-electron chi connectivity index (χ3n) is 2.51. The smallest absolute Gasteiger partial charge is 0.383 e. The number of alkyl halides is 3. The maximum Gasteiger partial charge on any atom is 0.393 e. The maximum absolute atomic E-state index is 12.3. The van der Waals surface area contributed by atoms with Gasteiger partial charge in [-0.2, -0.15) is 13.2 Å². The van der Waals surface area contributed by atoms with Gasteiger partial charge in [0.2, 0.25) is 0 Å². The highest BCUT2D eigenvalue weighted by Crippen LogP contribution is 2.35. The molecule has 1 rings (SSSR count). The molecule has 1 saturated heterocycles. The standard InChI is InChI=1S/C8H14F3NO/c1-12-4-6(8(9,10)11)3-7(12)5-13-2/h6-7H,3-5H2,1-2H3. The van der Waals surface area contributed by atoms with E-state index in [1.807, 2.05) is 0 Å². The van der Waals surface area contributed by atoms with Crippen LogP contribution in [0.25, 0.3) is 0 Å². The molecule has 78 valence electrons. The minimum atomic E-state index is -4.06. The fourth-order valence-corrected chi connectivity index (χ4v) is 1.70. The van der Waals surface area contributed by atoms with Crippen molar-refractivity contribution in [3.8, 4) is 0 Å². The molecule has 0 radical (unpaired) electrons. The van der Waals surface area contributed by atoms with E-state index in [1.165, 1.54) is 7.11 Å². The molecule has 0 aromatic carbocycles. The predicted octanol–water partition coefficient (Wildman–Crippen LogP) is 1.52. The molecule has 2 atom stereocenters. The van der Waals surface area contributed by atoms with Crippen molar-refractivity contribution in [3.63, 3.8) is 0 Å². The van der Waals surface area contributed by atoms with Crippen molar-refractivity contribution >= 4 is 0 Å². The van der Waals surface area contributed by atoms with Crippen molar-refractivity contribution in [1.82, 2.24) is 4.90 Å². The fourth-order valence-electron chi connectivity index (χ4n) is 1.70. The maximum atomic E-state index is 12.3. The lowest BCUT2D eigenvalue weighted by molar-refractivity contribution is -0.170. The summed E-state index contributed by atoms with van der Waals surface area (Å²) in [5.74, 6) is -1.18. The highest BCUT2D eigenvalue weighted by Gasteiger charge is 2.46. The van der Waals surface area contributed by atoms with E-state index >= 15 is 0 Å². The number of likely N-dealkylation sites (N-methyl/N-ethyl adjacent to an activating group) is 1. The lowest BCUT2D eigenvalue weighted by Gasteiger charge is -2.17. The van der Waals surface area contributed by atoms with Crippen LogP contribution in [-0.4, -0.2) is 44.4 Å². The second kappa shape index (κ2) is 3.84. The Bertz CT molecular complexity index is 171. The van der Waals surface area contributed by atoms with Crippen molar-refractivity contribution in [2.45, 2.75) is 18.6 Å². The second-order valence-electron chi connectivity index (χ2n) is 3.52. The van der Waals surface area contributed by atoms with Crippen molar-refractivity contribution in [1.29, 1.82) is 0 Å². The molecule has 1 fully saturated rings. The van der Waals surface area contributed by atoms with Crippen molar-refractivity contribution < 1.29 is 17.9 Å². The first kappa shape index (κ1) is 10.8. The zero-order valence-corrected chi connectivity index (χ0v) is 7.77. The summed E-state index contributed by atoms with van der Waals surface area (Å²) in [7, 11) is 3.21. The van der Waals surface area contributed by atoms with Gasteiger partial charge in [-0.05, 0) is 13.5 Å². The average molecular weight is 197 g/mol. The zero-order chi connectivity index (χ0) is 10.1. The van der Waals surface area contributed by atoms with Gasteiger partial charge in [0.15, 0.2) is 0 Å². The molecule has 0 aromatic heterocycles. The van der Waals surface area contributed by atoms with E-state index in [9.17, 15) is 13.2 Å². The summed E-state index contributed by atoms with van der Waals surface area (Å²) in [6.07, 6.45) is -3.90. The summed E-state index contributed by atoms with van der Waals surface area (Å²) in [4.78, 5) is 1.71. The first-order valence-corrected chi connectivity index (χ1v) is 4.21. The minimum absolute atomic E-state index is 0.0865. The van der Waals surface area contributed by atoms with Gasteiger partial charge in [0.1, 0.15) is 0 Å². The molecule has 0 aromatic rings. The number of hydrogen-bond donors (Lipinski definition) is 0. The monoisotopic (exact) mass is 197 g/mol. The van der Waals surface area contributed by atoms with Crippen molar-refractivity contribution in [3.05, 3.63) is 0 Å². The van der Waals surface area contributed by atoms with Gasteiger partial charge >= 0.3 is 6.18 Å². The Hall–Kier alpha value is -0.290. The molecule has 13 heavy (non-hydrogen) atoms. The first-order chi connectivity index (χ1) is 5.95. The van der Waals surface area contributed by atoms with E-state index in [-0.39, 0.29) is 19.0 Å². The molecule has 0 bridgehead atoms. The molecule has 1 heterocycles. The Kier molecular flexibility index (Phi) is 3.18. The van der Waals surface area contributed by atoms with Gasteiger partial charge < -0.3 is 9.64 Å². The third-order valence-corrected chi connectivity index (χ3v) is 2.51. The Balaban J connectivity index is 2.50. The van der Waals surface area contributed by atoms with Gasteiger partial charge in [-0.25, -0.2) is 0 Å². The zero-order valence-electron chi connectivity index (χ0n) is 7.77. The van der Waals surface area contributed by atoms with Crippen LogP contribution in [0.5, 0.6) is 0 Å². The molecule has 1 aliphatic heterocycles. The number of halogens is 3. The highest BCUT2D eigenvalue weighted by atomic mass is 19.4. The van der Waals surface area contributed by atoms with Crippen LogP contribution in [0.2, 0.25) is 0 Å². The van der Waals surface area contributed by atoms with E-state index in [0.717, 1.165) is 0 Å². The second-order valence-corrected chi connectivity index (χ2v) is 3.52. The van der Waals surface area contributed by atoms with E-state index in [1.54, 1.807) is 11.9 Å². The molecular weight excluding hydrogens is 183 g/mol. The van der Waals surface area contributed by atoms with Crippen LogP contribution in [0.4, 0.5) is 13.2 Å². The van der Waals surface area contributed by atoms with Gasteiger partial charge in [-0.1, -0.05) is 0 Å². The predicted molar refractivity (Wildman–Crippen MR) is 42.5 cm³/mol. The Morgan fingerprint density at radius 1 is 1.46 bits per heavy atom. The molecule has 0 N–H and O–H groups in total. The molecular formula is C8H14F3NO. The molecule has 2 nitrogen and oxygen atoms in total. The van der Waals surface area contributed by atoms with Gasteiger partial charge in [0.25, 0.3) is 0 Å². The van der Waals surface area contributed by atoms with Crippen LogP contribution < -0.4 is 0 Å². The van der Waals surface area contributed by atoms with E-state index < -0.39 is 12.1 Å². The Morgan fingerprint density at radius 3 is 2.46 bits per heavy atom. The van der Waals surface area contributed by atoms with Crippen molar-refractivity contribution in [2.24, 2.45) is 5.92 Å². The average Bonchev–Trinajstić information content (AvgIpc) is 2.32. The van der Waals surface area contributed by atoms with E-state index in [0.29, 0.717) is 6.61 Å². The summed E-state index contributed by atoms with van der Waals surface area (Å²) in [5, 5.41) is 0. The normalized spacial score (nSPS) is 31.2. The van der Waals surface area contributed by atoms with E-state index in [2.05, 4.69) is 0 Å². The molecule has 0 amide bonds. The third kappa shape index (κ3) is 2.57.